The van der Waals surface area contributed by atoms with Gasteiger partial charge in [-0.25, -0.2) is 9.78 Å². The summed E-state index contributed by atoms with van der Waals surface area (Å²) in [7, 11) is 3.34. The number of ether oxygens (including phenoxy) is 1. The Bertz CT molecular complexity index is 602. The molecule has 20 heavy (non-hydrogen) atoms. The van der Waals surface area contributed by atoms with E-state index < -0.39 is 0 Å². The van der Waals surface area contributed by atoms with Gasteiger partial charge in [-0.1, -0.05) is 0 Å². The lowest BCUT2D eigenvalue weighted by Crippen LogP contribution is -2.27. The number of aromatic nitrogens is 2. The molecule has 1 aromatic heterocycles. The molecule has 0 aliphatic carbocycles. The highest BCUT2D eigenvalue weighted by atomic mass is 35.5. The second kappa shape index (κ2) is 6.21. The van der Waals surface area contributed by atoms with E-state index in [1.165, 1.54) is 11.1 Å². The number of hydrogen-bond acceptors (Lipinski definition) is 4. The fourth-order valence-corrected chi connectivity index (χ4v) is 1.48. The van der Waals surface area contributed by atoms with Gasteiger partial charge < -0.3 is 15.0 Å². The first kappa shape index (κ1) is 14.1. The fraction of sp³-hybridized carbons (Fsp3) is 0.154. The summed E-state index contributed by atoms with van der Waals surface area (Å²) in [6.07, 6.45) is 1.51. The molecule has 0 saturated carbocycles. The quantitative estimate of drug-likeness (QED) is 0.883. The van der Waals surface area contributed by atoms with Crippen molar-refractivity contribution in [1.29, 1.82) is 0 Å². The Balaban J connectivity index is 2.03. The molecule has 1 N–H and O–H groups in total. The Kier molecular flexibility index (Phi) is 4.37. The molecule has 6 nitrogen and oxygen atoms in total. The van der Waals surface area contributed by atoms with E-state index in [2.05, 4.69) is 15.3 Å². The van der Waals surface area contributed by atoms with Gasteiger partial charge in [-0.05, 0) is 35.9 Å². The van der Waals surface area contributed by atoms with Crippen molar-refractivity contribution in [3.63, 3.8) is 0 Å². The van der Waals surface area contributed by atoms with Gasteiger partial charge in [0.05, 0.1) is 0 Å². The Morgan fingerprint density at radius 3 is 2.55 bits per heavy atom. The number of halogens is 1. The van der Waals surface area contributed by atoms with Crippen LogP contribution in [0.3, 0.4) is 0 Å². The van der Waals surface area contributed by atoms with Crippen LogP contribution in [0.2, 0.25) is 5.28 Å². The number of nitrogens with zero attached hydrogens (tertiary/aromatic N) is 3. The number of carbonyl (C=O) groups excluding carboxylic acids is 1. The summed E-state index contributed by atoms with van der Waals surface area (Å²) in [5.74, 6) is 0.942. The SMILES string of the molecule is CN(C)C(=O)Nc1ccc(Oc2ccnc(Cl)n2)cc1. The number of urea groups is 1. The van der Waals surface area contributed by atoms with Crippen molar-refractivity contribution in [3.05, 3.63) is 41.8 Å². The van der Waals surface area contributed by atoms with Gasteiger partial charge in [-0.15, -0.1) is 0 Å². The molecule has 1 aromatic carbocycles. The molecule has 0 aliphatic heterocycles. The highest BCUT2D eigenvalue weighted by Gasteiger charge is 2.04. The molecule has 0 unspecified atom stereocenters. The van der Waals surface area contributed by atoms with E-state index in [0.717, 1.165) is 0 Å². The van der Waals surface area contributed by atoms with Gasteiger partial charge in [0.1, 0.15) is 5.75 Å². The maximum atomic E-state index is 11.5. The van der Waals surface area contributed by atoms with E-state index in [9.17, 15) is 4.79 Å². The Morgan fingerprint density at radius 2 is 1.95 bits per heavy atom. The predicted octanol–water partition coefficient (Wildman–Crippen LogP) is 3.02. The van der Waals surface area contributed by atoms with Gasteiger partial charge in [0.25, 0.3) is 0 Å². The summed E-state index contributed by atoms with van der Waals surface area (Å²) in [5.41, 5.74) is 0.678. The van der Waals surface area contributed by atoms with Crippen molar-refractivity contribution in [3.8, 4) is 11.6 Å². The monoisotopic (exact) mass is 292 g/mol. The number of rotatable bonds is 3. The molecule has 1 heterocycles. The van der Waals surface area contributed by atoms with Crippen molar-refractivity contribution in [1.82, 2.24) is 14.9 Å². The number of anilines is 1. The minimum Gasteiger partial charge on any atom is -0.439 e. The first-order valence-electron chi connectivity index (χ1n) is 5.79. The lowest BCUT2D eigenvalue weighted by Gasteiger charge is -2.12. The largest absolute Gasteiger partial charge is 0.439 e. The molecule has 2 rings (SSSR count). The third kappa shape index (κ3) is 3.83. The van der Waals surface area contributed by atoms with Crippen LogP contribution < -0.4 is 10.1 Å². The third-order valence-corrected chi connectivity index (χ3v) is 2.52. The second-order valence-corrected chi connectivity index (χ2v) is 4.45. The summed E-state index contributed by atoms with van der Waals surface area (Å²) in [6, 6.07) is 8.33. The molecular formula is C13H13ClN4O2. The summed E-state index contributed by atoms with van der Waals surface area (Å²) in [6.45, 7) is 0. The molecule has 104 valence electrons. The predicted molar refractivity (Wildman–Crippen MR) is 76.3 cm³/mol. The second-order valence-electron chi connectivity index (χ2n) is 4.11. The van der Waals surface area contributed by atoms with E-state index in [1.54, 1.807) is 44.4 Å². The average molecular weight is 293 g/mol. The van der Waals surface area contributed by atoms with Crippen molar-refractivity contribution in [2.45, 2.75) is 0 Å². The van der Waals surface area contributed by atoms with Crippen LogP contribution in [0.15, 0.2) is 36.5 Å². The van der Waals surface area contributed by atoms with Crippen LogP contribution in [0, 0.1) is 0 Å². The third-order valence-electron chi connectivity index (χ3n) is 2.33. The Hall–Kier alpha value is -2.34. The Morgan fingerprint density at radius 1 is 1.25 bits per heavy atom. The number of hydrogen-bond donors (Lipinski definition) is 1. The van der Waals surface area contributed by atoms with Gasteiger partial charge in [0, 0.05) is 32.0 Å². The van der Waals surface area contributed by atoms with Crippen LogP contribution in [-0.2, 0) is 0 Å². The average Bonchev–Trinajstić information content (AvgIpc) is 2.41. The van der Waals surface area contributed by atoms with Crippen LogP contribution >= 0.6 is 11.6 Å². The molecule has 0 fully saturated rings. The molecule has 0 spiro atoms. The van der Waals surface area contributed by atoms with Crippen LogP contribution in [0.25, 0.3) is 0 Å². The van der Waals surface area contributed by atoms with Gasteiger partial charge >= 0.3 is 6.03 Å². The molecule has 2 amide bonds. The van der Waals surface area contributed by atoms with Crippen molar-refractivity contribution < 1.29 is 9.53 Å². The first-order valence-corrected chi connectivity index (χ1v) is 6.17. The summed E-state index contributed by atoms with van der Waals surface area (Å²) in [5, 5.41) is 2.85. The van der Waals surface area contributed by atoms with Crippen LogP contribution in [0.4, 0.5) is 10.5 Å². The van der Waals surface area contributed by atoms with Crippen LogP contribution in [-0.4, -0.2) is 35.0 Å². The highest BCUT2D eigenvalue weighted by molar-refractivity contribution is 6.28. The molecular weight excluding hydrogens is 280 g/mol. The van der Waals surface area contributed by atoms with Crippen molar-refractivity contribution >= 4 is 23.3 Å². The zero-order chi connectivity index (χ0) is 14.5. The molecule has 0 aliphatic rings. The van der Waals surface area contributed by atoms with E-state index in [1.807, 2.05) is 0 Å². The lowest BCUT2D eigenvalue weighted by atomic mass is 10.3. The molecule has 0 bridgehead atoms. The zero-order valence-corrected chi connectivity index (χ0v) is 11.8. The van der Waals surface area contributed by atoms with E-state index >= 15 is 0 Å². The number of amides is 2. The van der Waals surface area contributed by atoms with E-state index in [-0.39, 0.29) is 11.3 Å². The van der Waals surface area contributed by atoms with Crippen molar-refractivity contribution in [2.75, 3.05) is 19.4 Å². The maximum absolute atomic E-state index is 11.5. The minimum absolute atomic E-state index is 0.123. The standard InChI is InChI=1S/C13H13ClN4O2/c1-18(2)13(19)16-9-3-5-10(6-4-9)20-11-7-8-15-12(14)17-11/h3-8H,1-2H3,(H,16,19). The normalized spacial score (nSPS) is 9.95. The highest BCUT2D eigenvalue weighted by Crippen LogP contribution is 2.21. The van der Waals surface area contributed by atoms with Crippen LogP contribution in [0.1, 0.15) is 0 Å². The molecule has 0 radical (unpaired) electrons. The smallest absolute Gasteiger partial charge is 0.321 e. The Labute approximate surface area is 121 Å². The molecule has 7 heteroatoms. The van der Waals surface area contributed by atoms with E-state index in [4.69, 9.17) is 16.3 Å². The number of benzene rings is 1. The first-order chi connectivity index (χ1) is 9.54. The van der Waals surface area contributed by atoms with Gasteiger partial charge in [-0.2, -0.15) is 4.98 Å². The zero-order valence-electron chi connectivity index (χ0n) is 11.0. The summed E-state index contributed by atoms with van der Waals surface area (Å²) < 4.78 is 5.51. The topological polar surface area (TPSA) is 67.4 Å². The fourth-order valence-electron chi connectivity index (χ4n) is 1.34. The van der Waals surface area contributed by atoms with Gasteiger partial charge in [0.2, 0.25) is 11.2 Å². The summed E-state index contributed by atoms with van der Waals surface area (Å²) >= 11 is 5.67. The maximum Gasteiger partial charge on any atom is 0.321 e. The van der Waals surface area contributed by atoms with Crippen molar-refractivity contribution in [2.24, 2.45) is 0 Å². The van der Waals surface area contributed by atoms with Crippen LogP contribution in [0.5, 0.6) is 11.6 Å². The molecule has 2 aromatic rings. The summed E-state index contributed by atoms with van der Waals surface area (Å²) in [4.78, 5) is 20.6. The molecule has 0 saturated heterocycles. The van der Waals surface area contributed by atoms with E-state index in [0.29, 0.717) is 17.3 Å². The minimum atomic E-state index is -0.193. The van der Waals surface area contributed by atoms with Gasteiger partial charge in [-0.3, -0.25) is 0 Å². The van der Waals surface area contributed by atoms with Gasteiger partial charge in [0.15, 0.2) is 0 Å². The lowest BCUT2D eigenvalue weighted by molar-refractivity contribution is 0.230. The number of carbonyl (C=O) groups is 1. The molecule has 0 atom stereocenters. The number of nitrogens with one attached hydrogen (secondary N) is 1.